The van der Waals surface area contributed by atoms with Crippen LogP contribution in [0.3, 0.4) is 0 Å². The van der Waals surface area contributed by atoms with Crippen LogP contribution >= 0.6 is 0 Å². The second-order valence-corrected chi connectivity index (χ2v) is 7.99. The molecule has 31 heavy (non-hydrogen) atoms. The maximum Gasteiger partial charge on any atom is 0.143 e. The monoisotopic (exact) mass is 406 g/mol. The maximum atomic E-state index is 6.85. The fraction of sp³-hybridized carbons (Fsp3) is 0.172. The Morgan fingerprint density at radius 3 is 1.42 bits per heavy atom. The minimum absolute atomic E-state index is 0.107. The van der Waals surface area contributed by atoms with Crippen molar-refractivity contribution in [2.45, 2.75) is 24.2 Å². The summed E-state index contributed by atoms with van der Waals surface area (Å²) in [6, 6.07) is 42.0. The van der Waals surface area contributed by atoms with Crippen LogP contribution in [0.2, 0.25) is 0 Å². The van der Waals surface area contributed by atoms with Crippen LogP contribution in [0.15, 0.2) is 121 Å². The molecule has 0 N–H and O–H groups in total. The smallest absolute Gasteiger partial charge is 0.143 e. The molecule has 4 aromatic rings. The van der Waals surface area contributed by atoms with Crippen LogP contribution in [-0.4, -0.2) is 18.8 Å². The highest BCUT2D eigenvalue weighted by molar-refractivity contribution is 5.47. The van der Waals surface area contributed by atoms with E-state index in [1.165, 1.54) is 5.56 Å². The lowest BCUT2D eigenvalue weighted by Crippen LogP contribution is -2.34. The van der Waals surface area contributed by atoms with Crippen molar-refractivity contribution in [1.82, 2.24) is 0 Å². The lowest BCUT2D eigenvalue weighted by molar-refractivity contribution is 0.00427. The predicted octanol–water partition coefficient (Wildman–Crippen LogP) is 6.01. The summed E-state index contributed by atoms with van der Waals surface area (Å²) in [4.78, 5) is 0. The summed E-state index contributed by atoms with van der Waals surface area (Å²) in [5, 5.41) is 0. The molecule has 2 heteroatoms. The van der Waals surface area contributed by atoms with Gasteiger partial charge >= 0.3 is 0 Å². The van der Waals surface area contributed by atoms with Crippen molar-refractivity contribution in [3.8, 4) is 0 Å². The molecule has 1 saturated heterocycles. The molecule has 2 nitrogen and oxygen atoms in total. The molecule has 154 valence electrons. The summed E-state index contributed by atoms with van der Waals surface area (Å²) in [6.45, 7) is 0.538. The van der Waals surface area contributed by atoms with Gasteiger partial charge in [0.15, 0.2) is 0 Å². The molecule has 0 aliphatic carbocycles. The van der Waals surface area contributed by atoms with Gasteiger partial charge in [0.05, 0.1) is 12.7 Å². The van der Waals surface area contributed by atoms with Gasteiger partial charge in [-0.3, -0.25) is 0 Å². The molecular weight excluding hydrogens is 380 g/mol. The van der Waals surface area contributed by atoms with Gasteiger partial charge in [0.2, 0.25) is 0 Å². The lowest BCUT2D eigenvalue weighted by atomic mass is 9.80. The highest BCUT2D eigenvalue weighted by Gasteiger charge is 2.43. The van der Waals surface area contributed by atoms with Crippen molar-refractivity contribution in [3.63, 3.8) is 0 Å². The zero-order chi connectivity index (χ0) is 20.9. The van der Waals surface area contributed by atoms with Crippen LogP contribution in [0.5, 0.6) is 0 Å². The Labute approximate surface area is 184 Å². The van der Waals surface area contributed by atoms with E-state index in [2.05, 4.69) is 97.1 Å². The van der Waals surface area contributed by atoms with E-state index in [4.69, 9.17) is 9.47 Å². The maximum absolute atomic E-state index is 6.85. The van der Waals surface area contributed by atoms with E-state index in [0.29, 0.717) is 6.61 Å². The number of ether oxygens (including phenoxy) is 2. The van der Waals surface area contributed by atoms with Crippen LogP contribution in [0, 0.1) is 0 Å². The molecule has 2 atom stereocenters. The Kier molecular flexibility index (Phi) is 5.66. The van der Waals surface area contributed by atoms with Gasteiger partial charge in [-0.25, -0.2) is 0 Å². The molecule has 0 amide bonds. The molecule has 1 heterocycles. The molecule has 0 unspecified atom stereocenters. The van der Waals surface area contributed by atoms with E-state index in [9.17, 15) is 0 Å². The molecule has 0 bridgehead atoms. The molecule has 1 aliphatic heterocycles. The normalized spacial score (nSPS) is 17.9. The first kappa shape index (κ1) is 19.7. The highest BCUT2D eigenvalue weighted by Crippen LogP contribution is 2.41. The van der Waals surface area contributed by atoms with Crippen molar-refractivity contribution in [2.24, 2.45) is 0 Å². The predicted molar refractivity (Wildman–Crippen MR) is 124 cm³/mol. The van der Waals surface area contributed by atoms with Crippen molar-refractivity contribution >= 4 is 0 Å². The number of hydrogen-bond donors (Lipinski definition) is 0. The third-order valence-electron chi connectivity index (χ3n) is 5.97. The standard InChI is InChI=1S/C29H26O2/c1-5-13-23(14-6-1)21-27-28(31-27)22-30-29(24-15-7-2-8-16-24,25-17-9-3-10-18-25)26-19-11-4-12-20-26/h1-20,27-28H,21-22H2/t27-,28+/m1/s1. The largest absolute Gasteiger partial charge is 0.367 e. The van der Waals surface area contributed by atoms with Gasteiger partial charge in [-0.05, 0) is 22.3 Å². The van der Waals surface area contributed by atoms with Crippen molar-refractivity contribution in [3.05, 3.63) is 144 Å². The Hall–Kier alpha value is -3.20. The van der Waals surface area contributed by atoms with Crippen LogP contribution in [0.4, 0.5) is 0 Å². The van der Waals surface area contributed by atoms with Crippen LogP contribution in [0.25, 0.3) is 0 Å². The van der Waals surface area contributed by atoms with Crippen LogP contribution in [-0.2, 0) is 21.5 Å². The van der Waals surface area contributed by atoms with E-state index in [-0.39, 0.29) is 12.2 Å². The summed E-state index contributed by atoms with van der Waals surface area (Å²) >= 11 is 0. The minimum atomic E-state index is -0.687. The molecule has 1 fully saturated rings. The average Bonchev–Trinajstić information content (AvgIpc) is 3.60. The van der Waals surface area contributed by atoms with E-state index in [0.717, 1.165) is 23.1 Å². The molecule has 1 aliphatic rings. The SMILES string of the molecule is c1ccc(C[C@H]2O[C@H]2COC(c2ccccc2)(c2ccccc2)c2ccccc2)cc1. The third-order valence-corrected chi connectivity index (χ3v) is 5.97. The first-order chi connectivity index (χ1) is 15.4. The summed E-state index contributed by atoms with van der Waals surface area (Å²) < 4.78 is 12.9. The quantitative estimate of drug-likeness (QED) is 0.264. The van der Waals surface area contributed by atoms with E-state index < -0.39 is 5.60 Å². The number of rotatable bonds is 8. The Morgan fingerprint density at radius 1 is 0.548 bits per heavy atom. The minimum Gasteiger partial charge on any atom is -0.367 e. The van der Waals surface area contributed by atoms with Crippen molar-refractivity contribution in [1.29, 1.82) is 0 Å². The van der Waals surface area contributed by atoms with Crippen molar-refractivity contribution < 1.29 is 9.47 Å². The molecule has 5 rings (SSSR count). The van der Waals surface area contributed by atoms with Gasteiger partial charge in [-0.2, -0.15) is 0 Å². The molecule has 0 saturated carbocycles. The average molecular weight is 407 g/mol. The van der Waals surface area contributed by atoms with Crippen LogP contribution < -0.4 is 0 Å². The zero-order valence-electron chi connectivity index (χ0n) is 17.4. The molecule has 0 aromatic heterocycles. The van der Waals surface area contributed by atoms with Crippen LogP contribution in [0.1, 0.15) is 22.3 Å². The third kappa shape index (κ3) is 4.18. The summed E-state index contributed by atoms with van der Waals surface area (Å²) in [5.74, 6) is 0. The number of benzene rings is 4. The molecule has 0 spiro atoms. The fourth-order valence-corrected chi connectivity index (χ4v) is 4.33. The Balaban J connectivity index is 1.46. The van der Waals surface area contributed by atoms with E-state index in [1.807, 2.05) is 24.3 Å². The molecule has 0 radical (unpaired) electrons. The zero-order valence-corrected chi connectivity index (χ0v) is 17.4. The molecular formula is C29H26O2. The van der Waals surface area contributed by atoms with Gasteiger partial charge in [-0.1, -0.05) is 121 Å². The second-order valence-electron chi connectivity index (χ2n) is 7.99. The Morgan fingerprint density at radius 2 is 0.968 bits per heavy atom. The van der Waals surface area contributed by atoms with Gasteiger partial charge in [0.1, 0.15) is 11.7 Å². The topological polar surface area (TPSA) is 21.8 Å². The Bertz CT molecular complexity index is 982. The first-order valence-corrected chi connectivity index (χ1v) is 10.9. The first-order valence-electron chi connectivity index (χ1n) is 10.9. The summed E-state index contributed by atoms with van der Waals surface area (Å²) in [6.07, 6.45) is 1.24. The number of hydrogen-bond acceptors (Lipinski definition) is 2. The van der Waals surface area contributed by atoms with Crippen molar-refractivity contribution in [2.75, 3.05) is 6.61 Å². The molecule has 4 aromatic carbocycles. The second kappa shape index (κ2) is 8.89. The van der Waals surface area contributed by atoms with Gasteiger partial charge in [-0.15, -0.1) is 0 Å². The fourth-order valence-electron chi connectivity index (χ4n) is 4.33. The van der Waals surface area contributed by atoms with Gasteiger partial charge in [0, 0.05) is 6.42 Å². The van der Waals surface area contributed by atoms with Gasteiger partial charge < -0.3 is 9.47 Å². The highest BCUT2D eigenvalue weighted by atomic mass is 16.6. The summed E-state index contributed by atoms with van der Waals surface area (Å²) in [5.41, 5.74) is 3.97. The van der Waals surface area contributed by atoms with E-state index >= 15 is 0 Å². The van der Waals surface area contributed by atoms with E-state index in [1.54, 1.807) is 0 Å². The van der Waals surface area contributed by atoms with Gasteiger partial charge in [0.25, 0.3) is 0 Å². The lowest BCUT2D eigenvalue weighted by Gasteiger charge is -2.35. The number of epoxide rings is 1. The summed E-state index contributed by atoms with van der Waals surface area (Å²) in [7, 11) is 0.